The summed E-state index contributed by atoms with van der Waals surface area (Å²) in [6.07, 6.45) is 5.65. The molecule has 6 aromatic rings. The number of fused-ring (bicyclic) bond motifs is 1. The minimum Gasteiger partial charge on any atom is -0.359 e. The van der Waals surface area contributed by atoms with Crippen molar-refractivity contribution < 1.29 is 0 Å². The summed E-state index contributed by atoms with van der Waals surface area (Å²) >= 11 is 0. The maximum absolute atomic E-state index is 5.28. The summed E-state index contributed by atoms with van der Waals surface area (Å²) in [4.78, 5) is 9.60. The van der Waals surface area contributed by atoms with Gasteiger partial charge in [-0.2, -0.15) is 0 Å². The van der Waals surface area contributed by atoms with Crippen LogP contribution in [0.25, 0.3) is 38.7 Å². The highest BCUT2D eigenvalue weighted by molar-refractivity contribution is 6.13. The smallest absolute Gasteiger partial charge is 0.146 e. The number of aromatic nitrogens is 1. The number of hydrogen-bond acceptors (Lipinski definition) is 3. The van der Waals surface area contributed by atoms with Gasteiger partial charge < -0.3 is 5.32 Å². The summed E-state index contributed by atoms with van der Waals surface area (Å²) in [6.45, 7) is 0. The highest BCUT2D eigenvalue weighted by Gasteiger charge is 2.21. The molecule has 0 saturated carbocycles. The largest absolute Gasteiger partial charge is 0.359 e. The van der Waals surface area contributed by atoms with E-state index >= 15 is 0 Å². The summed E-state index contributed by atoms with van der Waals surface area (Å²) in [5, 5.41) is 6.17. The molecular formula is C37H27N3. The Hall–Kier alpha value is -5.28. The fourth-order valence-electron chi connectivity index (χ4n) is 5.38. The maximum atomic E-state index is 5.28. The number of nitrogens with one attached hydrogen (secondary N) is 1. The first-order valence-corrected chi connectivity index (χ1v) is 13.5. The molecule has 0 spiro atoms. The minimum absolute atomic E-state index is 0.233. The Labute approximate surface area is 234 Å². The van der Waals surface area contributed by atoms with E-state index in [9.17, 15) is 0 Å². The standard InChI is InChI=1S/C37H27N3/c1-2-10-26(11-3-1)28-14-6-16-30(22-28)35-24-36(31-17-7-15-29(23-31)32-18-9-21-38-25-32)40-37(39-35)34-20-8-13-27-12-4-5-19-33(27)34/h1-25,37,40H. The Morgan fingerprint density at radius 1 is 0.525 bits per heavy atom. The first kappa shape index (κ1) is 23.8. The van der Waals surface area contributed by atoms with Gasteiger partial charge in [0.1, 0.15) is 6.17 Å². The van der Waals surface area contributed by atoms with E-state index in [1.165, 1.54) is 21.9 Å². The molecule has 3 nitrogen and oxygen atoms in total. The van der Waals surface area contributed by atoms with Crippen LogP contribution in [0, 0.1) is 0 Å². The lowest BCUT2D eigenvalue weighted by Gasteiger charge is -2.26. The molecular weight excluding hydrogens is 486 g/mol. The van der Waals surface area contributed by atoms with Gasteiger partial charge in [0, 0.05) is 34.8 Å². The number of hydrogen-bond donors (Lipinski definition) is 1. The summed E-state index contributed by atoms with van der Waals surface area (Å²) in [5.74, 6) is 0. The summed E-state index contributed by atoms with van der Waals surface area (Å²) in [6, 6.07) is 46.8. The molecule has 0 fully saturated rings. The van der Waals surface area contributed by atoms with Crippen LogP contribution >= 0.6 is 0 Å². The second kappa shape index (κ2) is 10.5. The lowest BCUT2D eigenvalue weighted by Crippen LogP contribution is -2.25. The number of rotatable bonds is 5. The normalized spacial score (nSPS) is 14.8. The Bertz CT molecular complexity index is 1870. The molecule has 1 aliphatic heterocycles. The molecule has 0 bridgehead atoms. The second-order valence-corrected chi connectivity index (χ2v) is 9.96. The molecule has 1 aromatic heterocycles. The summed E-state index contributed by atoms with van der Waals surface area (Å²) in [7, 11) is 0. The molecule has 7 rings (SSSR count). The van der Waals surface area contributed by atoms with E-state index < -0.39 is 0 Å². The minimum atomic E-state index is -0.233. The molecule has 0 amide bonds. The van der Waals surface area contributed by atoms with Crippen LogP contribution in [0.3, 0.4) is 0 Å². The lowest BCUT2D eigenvalue weighted by atomic mass is 9.96. The van der Waals surface area contributed by atoms with Crippen molar-refractivity contribution in [3.63, 3.8) is 0 Å². The van der Waals surface area contributed by atoms with Gasteiger partial charge in [-0.25, -0.2) is 0 Å². The van der Waals surface area contributed by atoms with E-state index in [1.54, 1.807) is 6.20 Å². The Balaban J connectivity index is 1.36. The molecule has 1 atom stereocenters. The monoisotopic (exact) mass is 513 g/mol. The molecule has 3 heteroatoms. The molecule has 40 heavy (non-hydrogen) atoms. The van der Waals surface area contributed by atoms with Crippen LogP contribution in [0.2, 0.25) is 0 Å². The zero-order chi connectivity index (χ0) is 26.7. The maximum Gasteiger partial charge on any atom is 0.146 e. The van der Waals surface area contributed by atoms with Gasteiger partial charge in [-0.3, -0.25) is 9.98 Å². The first-order valence-electron chi connectivity index (χ1n) is 13.5. The van der Waals surface area contributed by atoms with Crippen molar-refractivity contribution in [1.82, 2.24) is 10.3 Å². The van der Waals surface area contributed by atoms with Crippen LogP contribution in [-0.4, -0.2) is 10.7 Å². The predicted molar refractivity (Wildman–Crippen MR) is 166 cm³/mol. The van der Waals surface area contributed by atoms with E-state index in [-0.39, 0.29) is 6.17 Å². The van der Waals surface area contributed by atoms with Gasteiger partial charge in [-0.1, -0.05) is 115 Å². The molecule has 190 valence electrons. The third kappa shape index (κ3) is 4.70. The average molecular weight is 514 g/mol. The summed E-state index contributed by atoms with van der Waals surface area (Å²) < 4.78 is 0. The number of allylic oxidation sites excluding steroid dienone is 1. The number of pyridine rings is 1. The van der Waals surface area contributed by atoms with E-state index in [1.807, 2.05) is 18.3 Å². The topological polar surface area (TPSA) is 37.3 Å². The highest BCUT2D eigenvalue weighted by Crippen LogP contribution is 2.32. The zero-order valence-corrected chi connectivity index (χ0v) is 21.9. The van der Waals surface area contributed by atoms with Crippen LogP contribution in [0.1, 0.15) is 22.9 Å². The first-order chi connectivity index (χ1) is 19.8. The van der Waals surface area contributed by atoms with E-state index in [0.717, 1.165) is 39.2 Å². The van der Waals surface area contributed by atoms with Crippen molar-refractivity contribution in [2.24, 2.45) is 4.99 Å². The predicted octanol–water partition coefficient (Wildman–Crippen LogP) is 8.70. The van der Waals surface area contributed by atoms with Gasteiger partial charge in [0.05, 0.1) is 5.71 Å². The highest BCUT2D eigenvalue weighted by atomic mass is 15.1. The molecule has 0 saturated heterocycles. The molecule has 0 aliphatic carbocycles. The molecule has 5 aromatic carbocycles. The Morgan fingerprint density at radius 2 is 1.18 bits per heavy atom. The molecule has 1 aliphatic rings. The van der Waals surface area contributed by atoms with Crippen LogP contribution in [-0.2, 0) is 0 Å². The SMILES string of the molecule is C1=C(c2cccc(-c3cccnc3)c2)NC(c2cccc3ccccc23)N=C1c1cccc(-c2ccccc2)c1. The fourth-order valence-corrected chi connectivity index (χ4v) is 5.38. The lowest BCUT2D eigenvalue weighted by molar-refractivity contribution is 0.669. The van der Waals surface area contributed by atoms with Gasteiger partial charge >= 0.3 is 0 Å². The molecule has 0 radical (unpaired) electrons. The van der Waals surface area contributed by atoms with Crippen molar-refractivity contribution in [1.29, 1.82) is 0 Å². The second-order valence-electron chi connectivity index (χ2n) is 9.96. The number of nitrogens with zero attached hydrogens (tertiary/aromatic N) is 2. The Morgan fingerprint density at radius 3 is 2.02 bits per heavy atom. The van der Waals surface area contributed by atoms with Crippen molar-refractivity contribution >= 4 is 22.2 Å². The molecule has 2 heterocycles. The van der Waals surface area contributed by atoms with Crippen molar-refractivity contribution in [2.45, 2.75) is 6.17 Å². The van der Waals surface area contributed by atoms with E-state index in [4.69, 9.17) is 4.99 Å². The van der Waals surface area contributed by atoms with Gasteiger partial charge in [-0.05, 0) is 57.3 Å². The third-order valence-corrected chi connectivity index (χ3v) is 7.39. The fraction of sp³-hybridized carbons (Fsp3) is 0.0270. The van der Waals surface area contributed by atoms with Gasteiger partial charge in [0.15, 0.2) is 0 Å². The summed E-state index contributed by atoms with van der Waals surface area (Å²) in [5.41, 5.74) is 9.94. The molecule has 1 N–H and O–H groups in total. The third-order valence-electron chi connectivity index (χ3n) is 7.39. The van der Waals surface area contributed by atoms with Gasteiger partial charge in [-0.15, -0.1) is 0 Å². The van der Waals surface area contributed by atoms with Crippen LogP contribution in [0.5, 0.6) is 0 Å². The quantitative estimate of drug-likeness (QED) is 0.250. The molecule has 1 unspecified atom stereocenters. The number of aliphatic imine (C=N–C) groups is 1. The van der Waals surface area contributed by atoms with E-state index in [0.29, 0.717) is 0 Å². The van der Waals surface area contributed by atoms with Crippen molar-refractivity contribution in [3.8, 4) is 22.3 Å². The van der Waals surface area contributed by atoms with Gasteiger partial charge in [0.25, 0.3) is 0 Å². The average Bonchev–Trinajstić information content (AvgIpc) is 3.05. The van der Waals surface area contributed by atoms with Crippen molar-refractivity contribution in [2.75, 3.05) is 0 Å². The van der Waals surface area contributed by atoms with Crippen LogP contribution < -0.4 is 5.32 Å². The van der Waals surface area contributed by atoms with Crippen LogP contribution in [0.15, 0.2) is 157 Å². The van der Waals surface area contributed by atoms with Crippen molar-refractivity contribution in [3.05, 3.63) is 169 Å². The number of benzene rings is 5. The Kier molecular flexibility index (Phi) is 6.23. The zero-order valence-electron chi connectivity index (χ0n) is 21.9. The van der Waals surface area contributed by atoms with E-state index in [2.05, 4.69) is 138 Å². The van der Waals surface area contributed by atoms with Crippen LogP contribution in [0.4, 0.5) is 0 Å². The van der Waals surface area contributed by atoms with Gasteiger partial charge in [0.2, 0.25) is 0 Å².